The molecule has 0 radical (unpaired) electrons. The largest absolute Gasteiger partial charge is 0.383 e. The minimum Gasteiger partial charge on any atom is -0.383 e. The molecule has 2 heterocycles. The molecule has 1 saturated heterocycles. The van der Waals surface area contributed by atoms with Gasteiger partial charge in [0.2, 0.25) is 5.91 Å². The van der Waals surface area contributed by atoms with E-state index >= 15 is 0 Å². The molecule has 140 valence electrons. The molecule has 1 aliphatic heterocycles. The number of thiophene rings is 1. The third-order valence-electron chi connectivity index (χ3n) is 3.84. The molecule has 2 unspecified atom stereocenters. The van der Waals surface area contributed by atoms with Gasteiger partial charge >= 0.3 is 0 Å². The first kappa shape index (κ1) is 23.6. The number of hydrogen-bond donors (Lipinski definition) is 1. The van der Waals surface area contributed by atoms with Gasteiger partial charge in [0.15, 0.2) is 0 Å². The zero-order chi connectivity index (χ0) is 15.9. The number of carbonyl (C=O) groups excluding carboxylic acids is 1. The van der Waals surface area contributed by atoms with Gasteiger partial charge in [0, 0.05) is 38.7 Å². The Balaban J connectivity index is 0.00000264. The first-order valence-electron chi connectivity index (χ1n) is 7.48. The SMILES string of the molecule is COCC(N)C(=O)N(C)CC(c1cccs1)N1CCOCC1.Cl.Cl. The maximum absolute atomic E-state index is 12.3. The molecule has 2 N–H and O–H groups in total. The maximum Gasteiger partial charge on any atom is 0.241 e. The Morgan fingerprint density at radius 3 is 2.67 bits per heavy atom. The van der Waals surface area contributed by atoms with Crippen molar-refractivity contribution in [2.45, 2.75) is 12.1 Å². The zero-order valence-electron chi connectivity index (χ0n) is 14.1. The summed E-state index contributed by atoms with van der Waals surface area (Å²) in [5.41, 5.74) is 5.85. The lowest BCUT2D eigenvalue weighted by molar-refractivity contribution is -0.133. The van der Waals surface area contributed by atoms with E-state index in [-0.39, 0.29) is 43.4 Å². The fraction of sp³-hybridized carbons (Fsp3) is 0.667. The van der Waals surface area contributed by atoms with Crippen LogP contribution in [0.2, 0.25) is 0 Å². The zero-order valence-corrected chi connectivity index (χ0v) is 16.5. The van der Waals surface area contributed by atoms with Crippen molar-refractivity contribution in [3.63, 3.8) is 0 Å². The Kier molecular flexibility index (Phi) is 11.8. The quantitative estimate of drug-likeness (QED) is 0.750. The van der Waals surface area contributed by atoms with Gasteiger partial charge in [0.05, 0.1) is 25.9 Å². The van der Waals surface area contributed by atoms with Gasteiger partial charge < -0.3 is 20.1 Å². The van der Waals surface area contributed by atoms with Crippen molar-refractivity contribution in [2.75, 3.05) is 53.6 Å². The summed E-state index contributed by atoms with van der Waals surface area (Å²) in [7, 11) is 3.36. The molecule has 6 nitrogen and oxygen atoms in total. The Labute approximate surface area is 160 Å². The molecule has 0 aliphatic carbocycles. The van der Waals surface area contributed by atoms with Crippen LogP contribution in [0.25, 0.3) is 0 Å². The van der Waals surface area contributed by atoms with Crippen molar-refractivity contribution in [1.82, 2.24) is 9.80 Å². The van der Waals surface area contributed by atoms with Gasteiger partial charge in [0.25, 0.3) is 0 Å². The number of ether oxygens (including phenoxy) is 2. The highest BCUT2D eigenvalue weighted by Crippen LogP contribution is 2.26. The highest BCUT2D eigenvalue weighted by Gasteiger charge is 2.27. The molecule has 1 aromatic rings. The van der Waals surface area contributed by atoms with Gasteiger partial charge in [-0.05, 0) is 11.4 Å². The van der Waals surface area contributed by atoms with Crippen LogP contribution in [0.3, 0.4) is 0 Å². The number of methoxy groups -OCH3 is 1. The van der Waals surface area contributed by atoms with Crippen LogP contribution in [-0.4, -0.2) is 75.4 Å². The van der Waals surface area contributed by atoms with Crippen molar-refractivity contribution in [2.24, 2.45) is 5.73 Å². The number of morpholine rings is 1. The van der Waals surface area contributed by atoms with Crippen LogP contribution < -0.4 is 5.73 Å². The number of hydrogen-bond acceptors (Lipinski definition) is 6. The minimum atomic E-state index is -0.608. The minimum absolute atomic E-state index is 0. The second kappa shape index (κ2) is 12.0. The lowest BCUT2D eigenvalue weighted by Gasteiger charge is -2.36. The van der Waals surface area contributed by atoms with Crippen molar-refractivity contribution in [3.8, 4) is 0 Å². The van der Waals surface area contributed by atoms with E-state index in [9.17, 15) is 4.79 Å². The standard InChI is InChI=1S/C15H25N3O3S.2ClH/c1-17(15(19)12(16)11-20-2)10-13(14-4-3-9-22-14)18-5-7-21-8-6-18;;/h3-4,9,12-13H,5-8,10-11,16H2,1-2H3;2*1H. The number of rotatable bonds is 7. The van der Waals surface area contributed by atoms with Gasteiger partial charge in [-0.25, -0.2) is 0 Å². The Morgan fingerprint density at radius 2 is 2.12 bits per heavy atom. The fourth-order valence-electron chi connectivity index (χ4n) is 2.64. The molecule has 24 heavy (non-hydrogen) atoms. The lowest BCUT2D eigenvalue weighted by atomic mass is 10.1. The Bertz CT molecular complexity index is 459. The maximum atomic E-state index is 12.3. The summed E-state index contributed by atoms with van der Waals surface area (Å²) in [6.07, 6.45) is 0. The third-order valence-corrected chi connectivity index (χ3v) is 4.82. The van der Waals surface area contributed by atoms with Crippen LogP contribution in [0, 0.1) is 0 Å². The summed E-state index contributed by atoms with van der Waals surface area (Å²) in [5.74, 6) is -0.0864. The van der Waals surface area contributed by atoms with Crippen LogP contribution in [0.1, 0.15) is 10.9 Å². The molecule has 0 bridgehead atoms. The van der Waals surface area contributed by atoms with Crippen molar-refractivity contribution < 1.29 is 14.3 Å². The molecule has 1 fully saturated rings. The molecule has 0 saturated carbocycles. The predicted molar refractivity (Wildman–Crippen MR) is 101 cm³/mol. The Morgan fingerprint density at radius 1 is 1.46 bits per heavy atom. The summed E-state index contributed by atoms with van der Waals surface area (Å²) >= 11 is 1.72. The molecule has 0 spiro atoms. The molecular weight excluding hydrogens is 373 g/mol. The summed E-state index contributed by atoms with van der Waals surface area (Å²) < 4.78 is 10.4. The first-order chi connectivity index (χ1) is 10.6. The first-order valence-corrected chi connectivity index (χ1v) is 8.36. The summed E-state index contributed by atoms with van der Waals surface area (Å²) in [5, 5.41) is 2.07. The molecule has 0 aromatic carbocycles. The highest BCUT2D eigenvalue weighted by atomic mass is 35.5. The van der Waals surface area contributed by atoms with E-state index in [0.717, 1.165) is 26.3 Å². The van der Waals surface area contributed by atoms with Crippen LogP contribution in [-0.2, 0) is 14.3 Å². The van der Waals surface area contributed by atoms with Gasteiger partial charge in [-0.15, -0.1) is 36.2 Å². The number of amides is 1. The Hall–Kier alpha value is -0.410. The van der Waals surface area contributed by atoms with E-state index in [4.69, 9.17) is 15.2 Å². The topological polar surface area (TPSA) is 68.0 Å². The predicted octanol–water partition coefficient (Wildman–Crippen LogP) is 1.40. The van der Waals surface area contributed by atoms with Gasteiger partial charge in [0.1, 0.15) is 6.04 Å². The summed E-state index contributed by atoms with van der Waals surface area (Å²) in [6.45, 7) is 4.11. The second-order valence-electron chi connectivity index (χ2n) is 5.46. The molecule has 1 amide bonds. The van der Waals surface area contributed by atoms with E-state index < -0.39 is 6.04 Å². The van der Waals surface area contributed by atoms with Crippen molar-refractivity contribution >= 4 is 42.1 Å². The average molecular weight is 400 g/mol. The average Bonchev–Trinajstić information content (AvgIpc) is 3.06. The highest BCUT2D eigenvalue weighted by molar-refractivity contribution is 7.10. The van der Waals surface area contributed by atoms with Crippen molar-refractivity contribution in [1.29, 1.82) is 0 Å². The number of nitrogens with two attached hydrogens (primary N) is 1. The van der Waals surface area contributed by atoms with E-state index in [2.05, 4.69) is 16.3 Å². The molecule has 1 aromatic heterocycles. The van der Waals surface area contributed by atoms with E-state index in [1.165, 1.54) is 4.88 Å². The van der Waals surface area contributed by atoms with E-state index in [1.54, 1.807) is 30.4 Å². The second-order valence-corrected chi connectivity index (χ2v) is 6.44. The lowest BCUT2D eigenvalue weighted by Crippen LogP contribution is -2.48. The molecule has 2 rings (SSSR count). The number of likely N-dealkylation sites (N-methyl/N-ethyl adjacent to an activating group) is 1. The van der Waals surface area contributed by atoms with Gasteiger partial charge in [-0.3, -0.25) is 9.69 Å². The van der Waals surface area contributed by atoms with Crippen LogP contribution in [0.15, 0.2) is 17.5 Å². The van der Waals surface area contributed by atoms with Crippen LogP contribution >= 0.6 is 36.2 Å². The monoisotopic (exact) mass is 399 g/mol. The van der Waals surface area contributed by atoms with Gasteiger partial charge in [-0.1, -0.05) is 6.07 Å². The summed E-state index contributed by atoms with van der Waals surface area (Å²) in [4.78, 5) is 17.7. The number of carbonyl (C=O) groups is 1. The smallest absolute Gasteiger partial charge is 0.241 e. The van der Waals surface area contributed by atoms with Gasteiger partial charge in [-0.2, -0.15) is 0 Å². The van der Waals surface area contributed by atoms with Crippen LogP contribution in [0.4, 0.5) is 0 Å². The molecule has 2 atom stereocenters. The van der Waals surface area contributed by atoms with Crippen LogP contribution in [0.5, 0.6) is 0 Å². The summed E-state index contributed by atoms with van der Waals surface area (Å²) in [6, 6.07) is 3.75. The fourth-order valence-corrected chi connectivity index (χ4v) is 3.49. The van der Waals surface area contributed by atoms with E-state index in [1.807, 2.05) is 6.07 Å². The number of nitrogens with zero attached hydrogens (tertiary/aromatic N) is 2. The third kappa shape index (κ3) is 6.48. The molecular formula is C15H27Cl2N3O3S. The molecule has 1 aliphatic rings. The van der Waals surface area contributed by atoms with Crippen molar-refractivity contribution in [3.05, 3.63) is 22.4 Å². The van der Waals surface area contributed by atoms with E-state index in [0.29, 0.717) is 6.54 Å². The normalized spacial score (nSPS) is 17.3. The number of halogens is 2. The molecule has 9 heteroatoms.